The van der Waals surface area contributed by atoms with Crippen molar-refractivity contribution in [2.24, 2.45) is 10.9 Å². The van der Waals surface area contributed by atoms with Crippen LogP contribution in [0.1, 0.15) is 35.6 Å². The Morgan fingerprint density at radius 2 is 1.93 bits per heavy atom. The molecule has 5 heteroatoms. The first-order valence-electron chi connectivity index (χ1n) is 9.40. The fourth-order valence-corrected chi connectivity index (χ4v) is 4.54. The Hall–Kier alpha value is -2.87. The summed E-state index contributed by atoms with van der Waals surface area (Å²) < 4.78 is 19.8. The van der Waals surface area contributed by atoms with Crippen LogP contribution in [0.25, 0.3) is 0 Å². The average Bonchev–Trinajstić information content (AvgIpc) is 3.12. The third kappa shape index (κ3) is 2.68. The van der Waals surface area contributed by atoms with Crippen LogP contribution in [0.3, 0.4) is 0 Å². The number of halogens is 1. The lowest BCUT2D eigenvalue weighted by Gasteiger charge is -2.43. The number of nitrogens with zero attached hydrogens (tertiary/aromatic N) is 3. The molecule has 2 aromatic rings. The molecule has 3 aliphatic rings. The van der Waals surface area contributed by atoms with Crippen LogP contribution in [0, 0.1) is 23.1 Å². The number of fused-ring (bicyclic) bond motifs is 1. The van der Waals surface area contributed by atoms with Crippen molar-refractivity contribution >= 4 is 6.02 Å². The molecule has 0 radical (unpaired) electrons. The van der Waals surface area contributed by atoms with E-state index in [2.05, 4.69) is 29.2 Å². The minimum atomic E-state index is -0.292. The van der Waals surface area contributed by atoms with Crippen molar-refractivity contribution in [3.05, 3.63) is 71.0 Å². The van der Waals surface area contributed by atoms with Gasteiger partial charge in [0.25, 0.3) is 6.02 Å². The van der Waals surface area contributed by atoms with E-state index in [0.29, 0.717) is 12.6 Å². The molecule has 0 saturated heterocycles. The van der Waals surface area contributed by atoms with Gasteiger partial charge in [0, 0.05) is 19.4 Å². The number of amidine groups is 1. The summed E-state index contributed by atoms with van der Waals surface area (Å²) in [5.41, 5.74) is 3.26. The Morgan fingerprint density at radius 1 is 1.15 bits per heavy atom. The van der Waals surface area contributed by atoms with Gasteiger partial charge in [-0.3, -0.25) is 0 Å². The van der Waals surface area contributed by atoms with E-state index in [1.807, 2.05) is 18.2 Å². The number of hydrogen-bond acceptors (Lipinski definition) is 4. The summed E-state index contributed by atoms with van der Waals surface area (Å²) in [7, 11) is 0. The molecule has 0 amide bonds. The highest BCUT2D eigenvalue weighted by atomic mass is 19.1. The quantitative estimate of drug-likeness (QED) is 0.776. The van der Waals surface area contributed by atoms with Crippen LogP contribution < -0.4 is 0 Å². The van der Waals surface area contributed by atoms with Crippen molar-refractivity contribution in [1.29, 1.82) is 5.26 Å². The van der Waals surface area contributed by atoms with Crippen LogP contribution in [-0.4, -0.2) is 29.6 Å². The normalized spacial score (nSPS) is 28.7. The van der Waals surface area contributed by atoms with Crippen LogP contribution >= 0.6 is 0 Å². The zero-order chi connectivity index (χ0) is 18.4. The summed E-state index contributed by atoms with van der Waals surface area (Å²) in [6.45, 7) is 1.42. The maximum atomic E-state index is 13.5. The van der Waals surface area contributed by atoms with Crippen molar-refractivity contribution < 1.29 is 9.13 Å². The number of hydrogen-bond donors (Lipinski definition) is 0. The summed E-state index contributed by atoms with van der Waals surface area (Å²) in [6.07, 6.45) is 2.42. The Balaban J connectivity index is 1.48. The van der Waals surface area contributed by atoms with E-state index >= 15 is 0 Å². The Labute approximate surface area is 157 Å². The Kier molecular flexibility index (Phi) is 3.68. The Bertz CT molecular complexity index is 941. The van der Waals surface area contributed by atoms with Gasteiger partial charge in [0.15, 0.2) is 0 Å². The molecule has 1 unspecified atom stereocenters. The fourth-order valence-electron chi connectivity index (χ4n) is 4.54. The van der Waals surface area contributed by atoms with Crippen molar-refractivity contribution in [2.75, 3.05) is 13.1 Å². The van der Waals surface area contributed by atoms with Crippen molar-refractivity contribution in [3.63, 3.8) is 0 Å². The molecule has 1 atom stereocenters. The average molecular weight is 361 g/mol. The molecule has 5 rings (SSSR count). The molecule has 0 aromatic heterocycles. The second kappa shape index (κ2) is 6.09. The summed E-state index contributed by atoms with van der Waals surface area (Å²) in [4.78, 5) is 6.90. The molecule has 2 heterocycles. The highest BCUT2D eigenvalue weighted by Gasteiger charge is 2.51. The van der Waals surface area contributed by atoms with E-state index in [1.54, 1.807) is 0 Å². The molecule has 0 bridgehead atoms. The summed E-state index contributed by atoms with van der Waals surface area (Å²) in [5.74, 6) is -0.158. The zero-order valence-electron chi connectivity index (χ0n) is 14.9. The van der Waals surface area contributed by atoms with Crippen LogP contribution in [-0.2, 0) is 11.2 Å². The second-order valence-electron chi connectivity index (χ2n) is 7.71. The molecule has 1 aliphatic carbocycles. The highest BCUT2D eigenvalue weighted by molar-refractivity contribution is 5.78. The molecule has 0 N–H and O–H groups in total. The molecule has 1 fully saturated rings. The molecule has 4 nitrogen and oxygen atoms in total. The number of benzene rings is 2. The van der Waals surface area contributed by atoms with E-state index < -0.39 is 0 Å². The predicted molar refractivity (Wildman–Crippen MR) is 99.6 cm³/mol. The maximum absolute atomic E-state index is 13.5. The van der Waals surface area contributed by atoms with Gasteiger partial charge < -0.3 is 9.64 Å². The second-order valence-corrected chi connectivity index (χ2v) is 7.71. The molecular weight excluding hydrogens is 341 g/mol. The number of nitriles is 1. The zero-order valence-corrected chi connectivity index (χ0v) is 14.9. The standard InChI is InChI=1S/C22H20FN3O/c23-18-7-5-17(6-8-18)20-19-4-2-1-3-16(19)9-10-26(20)21-25-14-22(27-21)11-15(12-22)13-24/h1-8,15,20H,9-12,14H2. The first kappa shape index (κ1) is 16.3. The van der Waals surface area contributed by atoms with E-state index in [-0.39, 0.29) is 23.4 Å². The molecule has 136 valence electrons. The van der Waals surface area contributed by atoms with Gasteiger partial charge >= 0.3 is 0 Å². The van der Waals surface area contributed by atoms with Gasteiger partial charge in [-0.05, 0) is 35.2 Å². The first-order chi connectivity index (χ1) is 13.2. The van der Waals surface area contributed by atoms with Gasteiger partial charge in [-0.1, -0.05) is 36.4 Å². The summed E-state index contributed by atoms with van der Waals surface area (Å²) >= 11 is 0. The molecule has 1 saturated carbocycles. The minimum absolute atomic E-state index is 0.0451. The topological polar surface area (TPSA) is 48.6 Å². The van der Waals surface area contributed by atoms with Gasteiger partial charge in [0.2, 0.25) is 0 Å². The molecule has 27 heavy (non-hydrogen) atoms. The fraction of sp³-hybridized carbons (Fsp3) is 0.364. The van der Waals surface area contributed by atoms with Gasteiger partial charge in [0.05, 0.1) is 24.6 Å². The third-order valence-electron chi connectivity index (χ3n) is 5.94. The van der Waals surface area contributed by atoms with E-state index in [9.17, 15) is 4.39 Å². The van der Waals surface area contributed by atoms with Gasteiger partial charge in [0.1, 0.15) is 11.4 Å². The lowest BCUT2D eigenvalue weighted by atomic mass is 9.72. The van der Waals surface area contributed by atoms with Gasteiger partial charge in [-0.15, -0.1) is 0 Å². The lowest BCUT2D eigenvalue weighted by molar-refractivity contribution is -0.0296. The minimum Gasteiger partial charge on any atom is -0.456 e. The van der Waals surface area contributed by atoms with Crippen molar-refractivity contribution in [1.82, 2.24) is 4.90 Å². The van der Waals surface area contributed by atoms with Crippen LogP contribution in [0.5, 0.6) is 0 Å². The van der Waals surface area contributed by atoms with Crippen molar-refractivity contribution in [3.8, 4) is 6.07 Å². The number of aliphatic imine (C=N–C) groups is 1. The van der Waals surface area contributed by atoms with E-state index in [0.717, 1.165) is 31.4 Å². The lowest BCUT2D eigenvalue weighted by Crippen LogP contribution is -2.49. The summed E-state index contributed by atoms with van der Waals surface area (Å²) in [6, 6.07) is 18.0. The van der Waals surface area contributed by atoms with Crippen LogP contribution in [0.2, 0.25) is 0 Å². The smallest absolute Gasteiger partial charge is 0.288 e. The maximum Gasteiger partial charge on any atom is 0.288 e. The van der Waals surface area contributed by atoms with Crippen LogP contribution in [0.4, 0.5) is 4.39 Å². The van der Waals surface area contributed by atoms with E-state index in [1.165, 1.54) is 23.3 Å². The van der Waals surface area contributed by atoms with Gasteiger partial charge in [-0.25, -0.2) is 9.38 Å². The highest BCUT2D eigenvalue weighted by Crippen LogP contribution is 2.45. The van der Waals surface area contributed by atoms with E-state index in [4.69, 9.17) is 15.0 Å². The molecule has 2 aliphatic heterocycles. The van der Waals surface area contributed by atoms with Gasteiger partial charge in [-0.2, -0.15) is 5.26 Å². The largest absolute Gasteiger partial charge is 0.456 e. The monoisotopic (exact) mass is 361 g/mol. The third-order valence-corrected chi connectivity index (χ3v) is 5.94. The summed E-state index contributed by atoms with van der Waals surface area (Å²) in [5, 5.41) is 9.08. The SMILES string of the molecule is N#CC1CC2(CN=C(N3CCc4ccccc4C3c3ccc(F)cc3)O2)C1. The molecule has 2 aromatic carbocycles. The number of ether oxygens (including phenoxy) is 1. The molecule has 1 spiro atoms. The van der Waals surface area contributed by atoms with Crippen LogP contribution in [0.15, 0.2) is 53.5 Å². The molecular formula is C22H20FN3O. The first-order valence-corrected chi connectivity index (χ1v) is 9.40. The van der Waals surface area contributed by atoms with Crippen molar-refractivity contribution in [2.45, 2.75) is 30.9 Å². The predicted octanol–water partition coefficient (Wildman–Crippen LogP) is 3.83. The Morgan fingerprint density at radius 3 is 2.70 bits per heavy atom. The number of rotatable bonds is 1.